The highest BCUT2D eigenvalue weighted by atomic mass is 16.5. The van der Waals surface area contributed by atoms with Crippen LogP contribution in [0.25, 0.3) is 0 Å². The lowest BCUT2D eigenvalue weighted by molar-refractivity contribution is 0.152. The fourth-order valence-electron chi connectivity index (χ4n) is 3.24. The number of benzene rings is 1. The molecule has 0 heterocycles. The van der Waals surface area contributed by atoms with Gasteiger partial charge in [-0.3, -0.25) is 0 Å². The highest BCUT2D eigenvalue weighted by Gasteiger charge is 1.98. The van der Waals surface area contributed by atoms with Crippen LogP contribution in [-0.2, 0) is 11.2 Å². The highest BCUT2D eigenvalue weighted by molar-refractivity contribution is 5.66. The van der Waals surface area contributed by atoms with E-state index in [0.717, 1.165) is 13.0 Å². The minimum Gasteiger partial charge on any atom is -0.450 e. The van der Waals surface area contributed by atoms with Gasteiger partial charge in [-0.25, -0.2) is 4.79 Å². The molecular weight excluding hydrogens is 322 g/mol. The quantitative estimate of drug-likeness (QED) is 0.334. The molecule has 0 fully saturated rings. The zero-order valence-electron chi connectivity index (χ0n) is 16.8. The first-order chi connectivity index (χ1) is 12.8. The van der Waals surface area contributed by atoms with E-state index in [1.54, 1.807) is 0 Å². The molecule has 0 atom stereocenters. The lowest BCUT2D eigenvalue weighted by Gasteiger charge is -2.05. The Kier molecular flexibility index (Phi) is 14.7. The third-order valence-electron chi connectivity index (χ3n) is 4.78. The number of hydrogen-bond acceptors (Lipinski definition) is 2. The lowest BCUT2D eigenvalue weighted by Crippen LogP contribution is -2.25. The molecule has 3 heteroatoms. The van der Waals surface area contributed by atoms with Crippen LogP contribution >= 0.6 is 0 Å². The third-order valence-corrected chi connectivity index (χ3v) is 4.78. The minimum absolute atomic E-state index is 0.285. The maximum atomic E-state index is 11.1. The van der Waals surface area contributed by atoms with E-state index in [1.807, 2.05) is 6.92 Å². The van der Waals surface area contributed by atoms with E-state index in [0.29, 0.717) is 6.61 Å². The summed E-state index contributed by atoms with van der Waals surface area (Å²) in [6.07, 6.45) is 16.8. The number of carbonyl (C=O) groups is 1. The van der Waals surface area contributed by atoms with Crippen molar-refractivity contribution in [3.8, 4) is 0 Å². The van der Waals surface area contributed by atoms with Crippen LogP contribution in [0.3, 0.4) is 0 Å². The first-order valence-corrected chi connectivity index (χ1v) is 10.8. The van der Waals surface area contributed by atoms with Crippen LogP contribution in [0.1, 0.15) is 89.5 Å². The highest BCUT2D eigenvalue weighted by Crippen LogP contribution is 2.13. The summed E-state index contributed by atoms with van der Waals surface area (Å²) in [4.78, 5) is 11.1. The number of ether oxygens (including phenoxy) is 1. The summed E-state index contributed by atoms with van der Waals surface area (Å²) in [6, 6.07) is 10.8. The van der Waals surface area contributed by atoms with Crippen LogP contribution in [0.4, 0.5) is 4.79 Å². The fraction of sp³-hybridized carbons (Fsp3) is 0.696. The molecule has 0 unspecified atom stereocenters. The molecule has 3 nitrogen and oxygen atoms in total. The molecule has 1 amide bonds. The number of rotatable bonds is 16. The molecule has 0 aliphatic carbocycles. The Balaban J connectivity index is 1.72. The van der Waals surface area contributed by atoms with Gasteiger partial charge in [0.1, 0.15) is 0 Å². The van der Waals surface area contributed by atoms with E-state index < -0.39 is 0 Å². The Morgan fingerprint density at radius 1 is 0.769 bits per heavy atom. The van der Waals surface area contributed by atoms with Crippen LogP contribution in [0.2, 0.25) is 0 Å². The third kappa shape index (κ3) is 13.7. The van der Waals surface area contributed by atoms with Crippen molar-refractivity contribution in [3.05, 3.63) is 35.9 Å². The molecule has 0 aromatic heterocycles. The Bertz CT molecular complexity index is 433. The van der Waals surface area contributed by atoms with Gasteiger partial charge < -0.3 is 10.1 Å². The molecule has 0 bridgehead atoms. The second-order valence-corrected chi connectivity index (χ2v) is 7.13. The summed E-state index contributed by atoms with van der Waals surface area (Å²) >= 11 is 0. The smallest absolute Gasteiger partial charge is 0.407 e. The lowest BCUT2D eigenvalue weighted by atomic mass is 10.0. The fourth-order valence-corrected chi connectivity index (χ4v) is 3.24. The average molecular weight is 362 g/mol. The summed E-state index contributed by atoms with van der Waals surface area (Å²) in [5.41, 5.74) is 1.48. The average Bonchev–Trinajstić information content (AvgIpc) is 2.66. The zero-order valence-corrected chi connectivity index (χ0v) is 16.8. The van der Waals surface area contributed by atoms with Gasteiger partial charge in [0.15, 0.2) is 0 Å². The number of amides is 1. The summed E-state index contributed by atoms with van der Waals surface area (Å²) in [5, 5.41) is 2.77. The molecule has 0 radical (unpaired) electrons. The first kappa shape index (κ1) is 22.5. The molecule has 0 saturated heterocycles. The van der Waals surface area contributed by atoms with E-state index >= 15 is 0 Å². The van der Waals surface area contributed by atoms with Crippen molar-refractivity contribution in [1.29, 1.82) is 0 Å². The first-order valence-electron chi connectivity index (χ1n) is 10.8. The molecule has 26 heavy (non-hydrogen) atoms. The summed E-state index contributed by atoms with van der Waals surface area (Å²) in [7, 11) is 0. The van der Waals surface area contributed by atoms with Crippen LogP contribution in [-0.4, -0.2) is 19.2 Å². The normalized spacial score (nSPS) is 10.7. The van der Waals surface area contributed by atoms with Crippen LogP contribution in [0.5, 0.6) is 0 Å². The molecular formula is C23H39NO2. The largest absolute Gasteiger partial charge is 0.450 e. The summed E-state index contributed by atoms with van der Waals surface area (Å²) < 4.78 is 4.83. The predicted octanol–water partition coefficient (Wildman–Crippen LogP) is 6.66. The maximum Gasteiger partial charge on any atom is 0.407 e. The van der Waals surface area contributed by atoms with Crippen molar-refractivity contribution >= 4 is 6.09 Å². The van der Waals surface area contributed by atoms with Crippen molar-refractivity contribution < 1.29 is 9.53 Å². The van der Waals surface area contributed by atoms with E-state index in [4.69, 9.17) is 4.74 Å². The maximum absolute atomic E-state index is 11.1. The van der Waals surface area contributed by atoms with E-state index in [-0.39, 0.29) is 6.09 Å². The number of aryl methyl sites for hydroxylation is 1. The molecule has 1 N–H and O–H groups in total. The van der Waals surface area contributed by atoms with Gasteiger partial charge in [0.2, 0.25) is 0 Å². The van der Waals surface area contributed by atoms with Gasteiger partial charge in [0.25, 0.3) is 0 Å². The van der Waals surface area contributed by atoms with Crippen molar-refractivity contribution in [2.75, 3.05) is 13.2 Å². The van der Waals surface area contributed by atoms with E-state index in [2.05, 4.69) is 35.6 Å². The molecule has 0 aliphatic heterocycles. The van der Waals surface area contributed by atoms with E-state index in [1.165, 1.54) is 82.6 Å². The minimum atomic E-state index is -0.285. The van der Waals surface area contributed by atoms with Gasteiger partial charge in [-0.05, 0) is 31.7 Å². The summed E-state index contributed by atoms with van der Waals surface area (Å²) in [6.45, 7) is 3.01. The van der Waals surface area contributed by atoms with Gasteiger partial charge in [0.05, 0.1) is 6.61 Å². The Hall–Kier alpha value is -1.51. The van der Waals surface area contributed by atoms with Gasteiger partial charge in [-0.2, -0.15) is 0 Å². The van der Waals surface area contributed by atoms with Crippen LogP contribution in [0.15, 0.2) is 30.3 Å². The number of unbranched alkanes of at least 4 members (excludes halogenated alkanes) is 11. The summed E-state index contributed by atoms with van der Waals surface area (Å²) in [5.74, 6) is 0. The number of hydrogen-bond donors (Lipinski definition) is 1. The molecule has 0 spiro atoms. The van der Waals surface area contributed by atoms with E-state index in [9.17, 15) is 4.79 Å². The molecule has 0 saturated carbocycles. The monoisotopic (exact) mass is 361 g/mol. The van der Waals surface area contributed by atoms with Gasteiger partial charge >= 0.3 is 6.09 Å². The Morgan fingerprint density at radius 2 is 1.27 bits per heavy atom. The second-order valence-electron chi connectivity index (χ2n) is 7.13. The standard InChI is InChI=1S/C23H39NO2/c1-2-26-23(25)24-21-17-12-10-8-6-4-3-5-7-9-11-14-18-22-19-15-13-16-20-22/h13,15-16,19-20H,2-12,14,17-18,21H2,1H3,(H,24,25). The number of nitrogens with one attached hydrogen (secondary N) is 1. The Labute approximate surface area is 160 Å². The number of carbonyl (C=O) groups excluding carboxylic acids is 1. The SMILES string of the molecule is CCOC(=O)NCCCCCCCCCCCCCCc1ccccc1. The van der Waals surface area contributed by atoms with Crippen molar-refractivity contribution in [3.63, 3.8) is 0 Å². The number of alkyl carbamates (subject to hydrolysis) is 1. The molecule has 148 valence electrons. The van der Waals surface area contributed by atoms with Crippen molar-refractivity contribution in [1.82, 2.24) is 5.32 Å². The zero-order chi connectivity index (χ0) is 18.7. The van der Waals surface area contributed by atoms with Crippen LogP contribution < -0.4 is 5.32 Å². The van der Waals surface area contributed by atoms with Gasteiger partial charge in [-0.1, -0.05) is 94.5 Å². The van der Waals surface area contributed by atoms with Crippen molar-refractivity contribution in [2.45, 2.75) is 90.4 Å². The molecule has 1 aromatic rings. The predicted molar refractivity (Wildman–Crippen MR) is 111 cm³/mol. The molecule has 1 rings (SSSR count). The molecule has 1 aromatic carbocycles. The topological polar surface area (TPSA) is 38.3 Å². The molecule has 0 aliphatic rings. The van der Waals surface area contributed by atoms with Gasteiger partial charge in [0, 0.05) is 6.54 Å². The van der Waals surface area contributed by atoms with Gasteiger partial charge in [-0.15, -0.1) is 0 Å². The van der Waals surface area contributed by atoms with Crippen molar-refractivity contribution in [2.24, 2.45) is 0 Å². The second kappa shape index (κ2) is 16.9. The van der Waals surface area contributed by atoms with Crippen LogP contribution in [0, 0.1) is 0 Å². The Morgan fingerprint density at radius 3 is 1.81 bits per heavy atom.